The molecule has 20 nitrogen and oxygen atoms in total. The number of aromatic nitrogens is 9. The van der Waals surface area contributed by atoms with Crippen LogP contribution in [0.25, 0.3) is 22.3 Å². The number of fused-ring (bicyclic) bond motifs is 4. The third-order valence-electron chi connectivity index (χ3n) is 7.35. The number of ether oxygens (including phenoxy) is 3. The normalized spacial score (nSPS) is 32.3. The number of H-pyrrole nitrogens is 1. The third kappa shape index (κ3) is 4.37. The highest BCUT2D eigenvalue weighted by Crippen LogP contribution is 2.53. The van der Waals surface area contributed by atoms with E-state index in [0.29, 0.717) is 11.2 Å². The van der Waals surface area contributed by atoms with Crippen LogP contribution in [0.2, 0.25) is 0 Å². The minimum Gasteiger partial charge on any atom is -0.394 e. The number of nitrogen functional groups attached to an aromatic ring is 2. The fraction of sp³-hybridized carbons (Fsp3) is 0.550. The first-order valence-corrected chi connectivity index (χ1v) is 15.1. The lowest BCUT2D eigenvalue weighted by atomic mass is 10.0. The second-order valence-electron chi connectivity index (χ2n) is 9.99. The molecule has 22 heteroatoms. The minimum atomic E-state index is -4.04. The van der Waals surface area contributed by atoms with E-state index in [1.165, 1.54) is 12.7 Å². The van der Waals surface area contributed by atoms with Crippen LogP contribution in [0.3, 0.4) is 0 Å². The molecule has 3 aliphatic heterocycles. The fourth-order valence-electron chi connectivity index (χ4n) is 5.36. The molecule has 224 valence electrons. The second-order valence-corrected chi connectivity index (χ2v) is 12.8. The molecule has 7 heterocycles. The van der Waals surface area contributed by atoms with Crippen molar-refractivity contribution in [1.29, 1.82) is 0 Å². The van der Waals surface area contributed by atoms with Gasteiger partial charge in [0.1, 0.15) is 35.8 Å². The smallest absolute Gasteiger partial charge is 0.325 e. The number of aliphatic hydroxyl groups excluding tert-OH is 2. The molecule has 3 fully saturated rings. The Morgan fingerprint density at radius 1 is 1.24 bits per heavy atom. The maximum atomic E-state index is 12.2. The summed E-state index contributed by atoms with van der Waals surface area (Å²) in [5.74, 6) is 0.00678. The summed E-state index contributed by atoms with van der Waals surface area (Å²) in [6.07, 6.45) is -2.81. The van der Waals surface area contributed by atoms with Gasteiger partial charge >= 0.3 is 6.72 Å². The molecule has 0 aromatic carbocycles. The van der Waals surface area contributed by atoms with Crippen molar-refractivity contribution in [3.8, 4) is 0 Å². The van der Waals surface area contributed by atoms with Gasteiger partial charge in [-0.2, -0.15) is 9.67 Å². The van der Waals surface area contributed by atoms with E-state index >= 15 is 0 Å². The van der Waals surface area contributed by atoms with Crippen molar-refractivity contribution in [2.45, 2.75) is 48.9 Å². The lowest BCUT2D eigenvalue weighted by Gasteiger charge is -2.32. The zero-order chi connectivity index (χ0) is 29.4. The Balaban J connectivity index is 1.09. The number of nitrogens with zero attached hydrogens (tertiary/aromatic N) is 8. The van der Waals surface area contributed by atoms with Crippen molar-refractivity contribution in [2.24, 2.45) is 0 Å². The number of nitrogens with two attached hydrogens (primary N) is 2. The number of hydrogen-bond donors (Lipinski definition) is 6. The third-order valence-corrected chi connectivity index (χ3v) is 8.92. The van der Waals surface area contributed by atoms with Gasteiger partial charge in [0.2, 0.25) is 5.95 Å². The lowest BCUT2D eigenvalue weighted by molar-refractivity contribution is -0.183. The predicted octanol–water partition coefficient (Wildman–Crippen LogP) is -2.56. The van der Waals surface area contributed by atoms with Crippen LogP contribution in [0.15, 0.2) is 17.4 Å². The van der Waals surface area contributed by atoms with Crippen LogP contribution in [0, 0.1) is 0 Å². The molecule has 8 atom stereocenters. The summed E-state index contributed by atoms with van der Waals surface area (Å²) in [5, 5.41) is 28.5. The molecule has 4 aromatic rings. The molecule has 0 spiro atoms. The molecule has 2 unspecified atom stereocenters. The summed E-state index contributed by atoms with van der Waals surface area (Å²) in [5.41, 5.74) is 10.2. The van der Waals surface area contributed by atoms with Crippen molar-refractivity contribution < 1.29 is 38.4 Å². The molecule has 8 N–H and O–H groups in total. The van der Waals surface area contributed by atoms with Crippen LogP contribution >= 0.6 is 6.72 Å². The van der Waals surface area contributed by atoms with E-state index in [1.807, 2.05) is 0 Å². The van der Waals surface area contributed by atoms with E-state index < -0.39 is 54.8 Å². The number of hydrogen-bond acceptors (Lipinski definition) is 17. The highest BCUT2D eigenvalue weighted by atomic mass is 32.5. The monoisotopic (exact) mass is 625 g/mol. The molecule has 42 heavy (non-hydrogen) atoms. The van der Waals surface area contributed by atoms with Gasteiger partial charge in [0.25, 0.3) is 5.56 Å². The highest BCUT2D eigenvalue weighted by Gasteiger charge is 2.62. The molecule has 0 radical (unpaired) electrons. The average molecular weight is 626 g/mol. The zero-order valence-corrected chi connectivity index (χ0v) is 23.0. The number of anilines is 2. The standard InChI is InChI=1S/C20H24N11O9PS/c21-13-9-14(24-5-23-13)30(6-25-9)18-11-12(33)20(39-18,3-36-11)4-37-41(35,42)40-8-1-7(2-32)38-17(8)31-15-10(28-29-31)16(34)27-19(22)26-15/h5-8,11-12,17-18,32-33H,1-4H2,(H,35,42)(H2,21,23,24)(H3,22,26,27,34)/t7-,8+,11?,12-,17+,18+,20+,41?/m0/s1. The van der Waals surface area contributed by atoms with E-state index in [0.717, 1.165) is 4.68 Å². The second kappa shape index (κ2) is 9.91. The van der Waals surface area contributed by atoms with Crippen molar-refractivity contribution >= 4 is 52.6 Å². The Labute approximate surface area is 238 Å². The van der Waals surface area contributed by atoms with Crippen LogP contribution in [0.5, 0.6) is 0 Å². The van der Waals surface area contributed by atoms with Gasteiger partial charge in [0.15, 0.2) is 35.1 Å². The summed E-state index contributed by atoms with van der Waals surface area (Å²) in [6.45, 7) is -4.86. The largest absolute Gasteiger partial charge is 0.394 e. The lowest BCUT2D eigenvalue weighted by Crippen LogP contribution is -2.44. The topological polar surface area (TPSA) is 279 Å². The number of rotatable bonds is 8. The molecule has 7 rings (SSSR count). The van der Waals surface area contributed by atoms with Crippen molar-refractivity contribution in [3.05, 3.63) is 23.0 Å². The first-order chi connectivity index (χ1) is 20.1. The molecular weight excluding hydrogens is 601 g/mol. The van der Waals surface area contributed by atoms with E-state index in [2.05, 4.69) is 35.2 Å². The highest BCUT2D eigenvalue weighted by molar-refractivity contribution is 8.07. The summed E-state index contributed by atoms with van der Waals surface area (Å²) >= 11 is 5.29. The SMILES string of the molecule is Nc1nc2c(nnn2[C@@H]2O[C@H](CO)C[C@H]2OP(O)(=S)OC[C@@]23COC([C@H](n4cnc5c(N)ncnc54)O2)[C@@H]3O)c(=O)[nH]1. The fourth-order valence-corrected chi connectivity index (χ4v) is 6.82. The molecule has 3 saturated heterocycles. The molecule has 0 aliphatic carbocycles. The van der Waals surface area contributed by atoms with Gasteiger partial charge in [0.05, 0.1) is 32.3 Å². The summed E-state index contributed by atoms with van der Waals surface area (Å²) in [4.78, 5) is 42.0. The summed E-state index contributed by atoms with van der Waals surface area (Å²) in [6, 6.07) is 0. The molecule has 2 bridgehead atoms. The van der Waals surface area contributed by atoms with Crippen LogP contribution < -0.4 is 17.0 Å². The zero-order valence-electron chi connectivity index (χ0n) is 21.3. The Morgan fingerprint density at radius 2 is 2.07 bits per heavy atom. The quantitative estimate of drug-likeness (QED) is 0.110. The van der Waals surface area contributed by atoms with Crippen LogP contribution in [-0.2, 0) is 35.1 Å². The number of aromatic amines is 1. The summed E-state index contributed by atoms with van der Waals surface area (Å²) in [7, 11) is 0. The molecule has 4 aromatic heterocycles. The van der Waals surface area contributed by atoms with Crippen molar-refractivity contribution in [3.63, 3.8) is 0 Å². The van der Waals surface area contributed by atoms with E-state index in [9.17, 15) is 19.9 Å². The van der Waals surface area contributed by atoms with E-state index in [1.54, 1.807) is 4.57 Å². The van der Waals surface area contributed by atoms with Gasteiger partial charge in [-0.1, -0.05) is 5.21 Å². The predicted molar refractivity (Wildman–Crippen MR) is 142 cm³/mol. The van der Waals surface area contributed by atoms with Gasteiger partial charge in [-0.25, -0.2) is 15.0 Å². The molecule has 0 saturated carbocycles. The number of aliphatic hydroxyl groups is 2. The van der Waals surface area contributed by atoms with E-state index in [4.69, 9.17) is 46.5 Å². The molecule has 3 aliphatic rings. The Morgan fingerprint density at radius 3 is 2.88 bits per heavy atom. The first kappa shape index (κ1) is 27.6. The Hall–Kier alpha value is -3.24. The Kier molecular flexibility index (Phi) is 6.51. The van der Waals surface area contributed by atoms with Crippen molar-refractivity contribution in [1.82, 2.24) is 44.5 Å². The maximum absolute atomic E-state index is 12.2. The van der Waals surface area contributed by atoms with Gasteiger partial charge < -0.3 is 49.8 Å². The van der Waals surface area contributed by atoms with E-state index in [-0.39, 0.29) is 49.2 Å². The molecule has 0 amide bonds. The Bertz CT molecular complexity index is 1790. The van der Waals surface area contributed by atoms with Crippen molar-refractivity contribution in [2.75, 3.05) is 31.3 Å². The maximum Gasteiger partial charge on any atom is 0.325 e. The number of imidazole rings is 1. The van der Waals surface area contributed by atoms with Crippen LogP contribution in [0.4, 0.5) is 11.8 Å². The summed E-state index contributed by atoms with van der Waals surface area (Å²) < 4.78 is 32.0. The van der Waals surface area contributed by atoms with Gasteiger partial charge in [-0.3, -0.25) is 14.3 Å². The average Bonchev–Trinajstić information content (AvgIpc) is 3.76. The van der Waals surface area contributed by atoms with Gasteiger partial charge in [-0.15, -0.1) is 5.10 Å². The number of nitrogens with one attached hydrogen (secondary N) is 1. The molecular formula is C20H24N11O9PS. The van der Waals surface area contributed by atoms with Gasteiger partial charge in [-0.05, 0) is 11.8 Å². The van der Waals surface area contributed by atoms with Crippen LogP contribution in [-0.4, -0.2) is 109 Å². The van der Waals surface area contributed by atoms with Gasteiger partial charge in [0, 0.05) is 6.42 Å². The minimum absolute atomic E-state index is 0.00112. The van der Waals surface area contributed by atoms with Crippen LogP contribution in [0.1, 0.15) is 18.9 Å². The first-order valence-electron chi connectivity index (χ1n) is 12.5.